The Labute approximate surface area is 171 Å². The lowest BCUT2D eigenvalue weighted by atomic mass is 10.1. The van der Waals surface area contributed by atoms with Crippen molar-refractivity contribution in [3.8, 4) is 17.2 Å². The molecule has 1 N–H and O–H groups in total. The molecule has 3 rings (SSSR count). The van der Waals surface area contributed by atoms with E-state index in [1.54, 1.807) is 37.3 Å². The quantitative estimate of drug-likeness (QED) is 0.541. The third-order valence-electron chi connectivity index (χ3n) is 4.00. The zero-order valence-corrected chi connectivity index (χ0v) is 16.5. The second-order valence-corrected chi connectivity index (χ2v) is 6.20. The minimum Gasteiger partial charge on any atom is -0.495 e. The van der Waals surface area contributed by atoms with E-state index in [9.17, 15) is 13.6 Å². The molecule has 0 unspecified atom stereocenters. The molecule has 0 bridgehead atoms. The van der Waals surface area contributed by atoms with Gasteiger partial charge in [-0.1, -0.05) is 18.2 Å². The van der Waals surface area contributed by atoms with Gasteiger partial charge in [-0.2, -0.15) is 8.78 Å². The molecule has 29 heavy (non-hydrogen) atoms. The van der Waals surface area contributed by atoms with Crippen LogP contribution < -0.4 is 24.4 Å². The number of carbonyl (C=O) groups is 1. The summed E-state index contributed by atoms with van der Waals surface area (Å²) in [7, 11) is 1.50. The number of halogens is 2. The molecule has 1 aliphatic rings. The maximum atomic E-state index is 12.9. The van der Waals surface area contributed by atoms with Gasteiger partial charge in [0.05, 0.1) is 19.4 Å². The highest BCUT2D eigenvalue weighted by atomic mass is 32.1. The minimum absolute atomic E-state index is 0.0825. The third-order valence-corrected chi connectivity index (χ3v) is 4.28. The lowest BCUT2D eigenvalue weighted by Crippen LogP contribution is -2.30. The van der Waals surface area contributed by atoms with Crippen molar-refractivity contribution in [3.05, 3.63) is 53.7 Å². The average Bonchev–Trinajstić information content (AvgIpc) is 2.96. The molecule has 1 amide bonds. The predicted octanol–water partition coefficient (Wildman–Crippen LogP) is 3.96. The van der Waals surface area contributed by atoms with Crippen LogP contribution >= 0.6 is 12.2 Å². The van der Waals surface area contributed by atoms with Crippen LogP contribution in [-0.4, -0.2) is 31.3 Å². The van der Waals surface area contributed by atoms with Crippen LogP contribution in [0.3, 0.4) is 0 Å². The van der Waals surface area contributed by atoms with Crippen LogP contribution in [-0.2, 0) is 4.79 Å². The topological polar surface area (TPSA) is 60.0 Å². The van der Waals surface area contributed by atoms with E-state index >= 15 is 0 Å². The Balaban J connectivity index is 1.92. The first-order chi connectivity index (χ1) is 13.9. The summed E-state index contributed by atoms with van der Waals surface area (Å²) < 4.78 is 40.2. The summed E-state index contributed by atoms with van der Waals surface area (Å²) in [6, 6.07) is 11.4. The van der Waals surface area contributed by atoms with Crippen molar-refractivity contribution in [1.82, 2.24) is 5.32 Å². The molecule has 1 aliphatic heterocycles. The molecule has 152 valence electrons. The summed E-state index contributed by atoms with van der Waals surface area (Å²) in [5.41, 5.74) is 1.29. The number of nitrogens with one attached hydrogen (secondary N) is 1. The number of alkyl halides is 2. The first-order valence-corrected chi connectivity index (χ1v) is 9.07. The Morgan fingerprint density at radius 1 is 1.17 bits per heavy atom. The van der Waals surface area contributed by atoms with Gasteiger partial charge in [0, 0.05) is 0 Å². The van der Waals surface area contributed by atoms with Crippen LogP contribution in [0.4, 0.5) is 14.5 Å². The highest BCUT2D eigenvalue weighted by Gasteiger charge is 2.33. The fraction of sp³-hybridized carbons (Fsp3) is 0.200. The number of anilines is 1. The van der Waals surface area contributed by atoms with E-state index < -0.39 is 6.61 Å². The van der Waals surface area contributed by atoms with Gasteiger partial charge in [-0.3, -0.25) is 4.79 Å². The second kappa shape index (κ2) is 8.87. The number of carbonyl (C=O) groups excluding carboxylic acids is 1. The number of benzene rings is 2. The molecular weight excluding hydrogens is 402 g/mol. The number of nitrogens with zero attached hydrogens (tertiary/aromatic N) is 1. The summed E-state index contributed by atoms with van der Waals surface area (Å²) in [6.45, 7) is -0.978. The standard InChI is InChI=1S/C20H18F2N2O4S/c1-3-27-17-11-12(8-9-16(17)28-19(21)22)10-13-18(25)24(20(29)23-13)14-6-4-5-7-15(14)26-2/h4-11,19H,3H2,1-2H3,(H,23,29)/b13-10+. The van der Waals surface area contributed by atoms with Crippen molar-refractivity contribution in [2.75, 3.05) is 18.6 Å². The van der Waals surface area contributed by atoms with Gasteiger partial charge in [0.15, 0.2) is 16.6 Å². The van der Waals surface area contributed by atoms with Crippen LogP contribution in [0.2, 0.25) is 0 Å². The first kappa shape index (κ1) is 20.5. The van der Waals surface area contributed by atoms with Gasteiger partial charge in [0.1, 0.15) is 11.4 Å². The van der Waals surface area contributed by atoms with Crippen molar-refractivity contribution < 1.29 is 27.8 Å². The van der Waals surface area contributed by atoms with Crippen molar-refractivity contribution in [2.45, 2.75) is 13.5 Å². The van der Waals surface area contributed by atoms with E-state index in [-0.39, 0.29) is 34.8 Å². The maximum absolute atomic E-state index is 12.9. The molecule has 6 nitrogen and oxygen atoms in total. The molecule has 0 saturated carbocycles. The molecule has 0 aromatic heterocycles. The fourth-order valence-electron chi connectivity index (χ4n) is 2.81. The highest BCUT2D eigenvalue weighted by molar-refractivity contribution is 7.80. The smallest absolute Gasteiger partial charge is 0.387 e. The summed E-state index contributed by atoms with van der Waals surface area (Å²) in [5, 5.41) is 3.07. The Morgan fingerprint density at radius 3 is 2.62 bits per heavy atom. The van der Waals surface area contributed by atoms with E-state index in [4.69, 9.17) is 21.7 Å². The Hall–Kier alpha value is -3.20. The second-order valence-electron chi connectivity index (χ2n) is 5.82. The van der Waals surface area contributed by atoms with Crippen LogP contribution in [0.5, 0.6) is 17.2 Å². The molecule has 0 aliphatic carbocycles. The molecule has 2 aromatic carbocycles. The number of hydrogen-bond acceptors (Lipinski definition) is 5. The third kappa shape index (κ3) is 4.45. The molecule has 0 radical (unpaired) electrons. The molecule has 0 spiro atoms. The van der Waals surface area contributed by atoms with Crippen molar-refractivity contribution >= 4 is 35.0 Å². The molecule has 1 heterocycles. The summed E-state index contributed by atoms with van der Waals surface area (Å²) in [4.78, 5) is 14.2. The minimum atomic E-state index is -2.97. The zero-order chi connectivity index (χ0) is 21.0. The lowest BCUT2D eigenvalue weighted by Gasteiger charge is -2.17. The molecule has 0 atom stereocenters. The van der Waals surface area contributed by atoms with E-state index in [1.807, 2.05) is 0 Å². The number of ether oxygens (including phenoxy) is 3. The van der Waals surface area contributed by atoms with Gasteiger partial charge in [-0.15, -0.1) is 0 Å². The highest BCUT2D eigenvalue weighted by Crippen LogP contribution is 2.33. The van der Waals surface area contributed by atoms with Gasteiger partial charge < -0.3 is 19.5 Å². The summed E-state index contributed by atoms with van der Waals surface area (Å²) >= 11 is 5.31. The Kier molecular flexibility index (Phi) is 6.28. The molecule has 2 aromatic rings. The zero-order valence-electron chi connectivity index (χ0n) is 15.6. The Bertz CT molecular complexity index is 965. The normalized spacial score (nSPS) is 15.1. The van der Waals surface area contributed by atoms with Crippen LogP contribution in [0.25, 0.3) is 6.08 Å². The van der Waals surface area contributed by atoms with Gasteiger partial charge in [-0.25, -0.2) is 4.90 Å². The Morgan fingerprint density at radius 2 is 1.93 bits per heavy atom. The summed E-state index contributed by atoms with van der Waals surface area (Å²) in [5.74, 6) is 0.196. The maximum Gasteiger partial charge on any atom is 0.387 e. The van der Waals surface area contributed by atoms with E-state index in [2.05, 4.69) is 10.1 Å². The number of amides is 1. The number of rotatable bonds is 7. The number of methoxy groups -OCH3 is 1. The van der Waals surface area contributed by atoms with Crippen molar-refractivity contribution in [3.63, 3.8) is 0 Å². The lowest BCUT2D eigenvalue weighted by molar-refractivity contribution is -0.113. The van der Waals surface area contributed by atoms with E-state index in [1.165, 1.54) is 30.2 Å². The fourth-order valence-corrected chi connectivity index (χ4v) is 3.10. The average molecular weight is 420 g/mol. The van der Waals surface area contributed by atoms with Crippen LogP contribution in [0, 0.1) is 0 Å². The van der Waals surface area contributed by atoms with Crippen LogP contribution in [0.1, 0.15) is 12.5 Å². The van der Waals surface area contributed by atoms with Crippen molar-refractivity contribution in [1.29, 1.82) is 0 Å². The van der Waals surface area contributed by atoms with Gasteiger partial charge in [-0.05, 0) is 55.0 Å². The molecule has 1 fully saturated rings. The van der Waals surface area contributed by atoms with Gasteiger partial charge in [0.2, 0.25) is 0 Å². The molecule has 9 heteroatoms. The largest absolute Gasteiger partial charge is 0.495 e. The van der Waals surface area contributed by atoms with Crippen LogP contribution in [0.15, 0.2) is 48.2 Å². The van der Waals surface area contributed by atoms with E-state index in [0.717, 1.165) is 0 Å². The van der Waals surface area contributed by atoms with Gasteiger partial charge in [0.25, 0.3) is 5.91 Å². The number of thiocarbonyl (C=S) groups is 1. The number of hydrogen-bond donors (Lipinski definition) is 1. The van der Waals surface area contributed by atoms with Gasteiger partial charge >= 0.3 is 6.61 Å². The predicted molar refractivity (Wildman–Crippen MR) is 108 cm³/mol. The van der Waals surface area contributed by atoms with Crippen molar-refractivity contribution in [2.24, 2.45) is 0 Å². The van der Waals surface area contributed by atoms with E-state index in [0.29, 0.717) is 17.0 Å². The molecular formula is C20H18F2N2O4S. The molecule has 1 saturated heterocycles. The first-order valence-electron chi connectivity index (χ1n) is 8.66. The SMILES string of the molecule is CCOc1cc(/C=C2/NC(=S)N(c3ccccc3OC)C2=O)ccc1OC(F)F. The number of para-hydroxylation sites is 2. The monoisotopic (exact) mass is 420 g/mol. The summed E-state index contributed by atoms with van der Waals surface area (Å²) in [6.07, 6.45) is 1.55.